The zero-order chi connectivity index (χ0) is 40.6. The summed E-state index contributed by atoms with van der Waals surface area (Å²) in [6.45, 7) is 1.97. The molecule has 58 heavy (non-hydrogen) atoms. The summed E-state index contributed by atoms with van der Waals surface area (Å²) in [5, 5.41) is 18.4. The van der Waals surface area contributed by atoms with Crippen molar-refractivity contribution < 1.29 is 9.59 Å². The summed E-state index contributed by atoms with van der Waals surface area (Å²) in [7, 11) is 3.36. The first-order valence-electron chi connectivity index (χ1n) is 19.3. The first kappa shape index (κ1) is 37.8. The van der Waals surface area contributed by atoms with E-state index in [0.717, 1.165) is 52.8 Å². The Bertz CT molecular complexity index is 2570. The fourth-order valence-electron chi connectivity index (χ4n) is 8.80. The predicted octanol–water partition coefficient (Wildman–Crippen LogP) is 5.96. The van der Waals surface area contributed by atoms with Gasteiger partial charge in [0.15, 0.2) is 11.9 Å². The van der Waals surface area contributed by atoms with Gasteiger partial charge in [0.2, 0.25) is 11.8 Å². The monoisotopic (exact) mass is 765 g/mol. The number of carbonyl (C=O) groups excluding carboxylic acids is 2. The van der Waals surface area contributed by atoms with Crippen LogP contribution in [0.2, 0.25) is 0 Å². The number of hydrogen-bond acceptors (Lipinski definition) is 9. The second kappa shape index (κ2) is 15.1. The minimum Gasteiger partial charge on any atom is -0.369 e. The fourth-order valence-corrected chi connectivity index (χ4v) is 8.80. The molecule has 2 fully saturated rings. The molecule has 0 radical (unpaired) electrons. The Morgan fingerprint density at radius 2 is 1.12 bits per heavy atom. The minimum atomic E-state index is -0.745. The summed E-state index contributed by atoms with van der Waals surface area (Å²) in [5.41, 5.74) is 19.3. The Labute approximate surface area is 338 Å². The van der Waals surface area contributed by atoms with Crippen molar-refractivity contribution >= 4 is 23.7 Å². The summed E-state index contributed by atoms with van der Waals surface area (Å²) in [6.07, 6.45) is 1.65. The third kappa shape index (κ3) is 6.66. The van der Waals surface area contributed by atoms with Gasteiger partial charge in [-0.3, -0.25) is 24.3 Å². The average molecular weight is 766 g/mol. The minimum absolute atomic E-state index is 0.00468. The Kier molecular flexibility index (Phi) is 9.85. The van der Waals surface area contributed by atoms with Crippen molar-refractivity contribution in [2.75, 3.05) is 27.2 Å². The smallest absolute Gasteiger partial charge is 0.236 e. The van der Waals surface area contributed by atoms with E-state index in [4.69, 9.17) is 26.7 Å². The molecule has 5 aromatic rings. The summed E-state index contributed by atoms with van der Waals surface area (Å²) in [4.78, 5) is 40.7. The van der Waals surface area contributed by atoms with Gasteiger partial charge in [0.25, 0.3) is 0 Å². The number of nitriles is 2. The largest absolute Gasteiger partial charge is 0.369 e. The molecule has 11 nitrogen and oxygen atoms in total. The van der Waals surface area contributed by atoms with Crippen molar-refractivity contribution in [1.82, 2.24) is 14.7 Å². The van der Waals surface area contributed by atoms with E-state index in [2.05, 4.69) is 41.3 Å². The third-order valence-corrected chi connectivity index (χ3v) is 12.1. The lowest BCUT2D eigenvalue weighted by Gasteiger charge is -2.50. The van der Waals surface area contributed by atoms with Crippen molar-refractivity contribution in [2.24, 2.45) is 33.3 Å². The first-order valence-corrected chi connectivity index (χ1v) is 19.3. The van der Waals surface area contributed by atoms with Crippen LogP contribution in [-0.4, -0.2) is 65.6 Å². The molecule has 3 aliphatic heterocycles. The van der Waals surface area contributed by atoms with E-state index in [-0.39, 0.29) is 35.6 Å². The van der Waals surface area contributed by atoms with Crippen molar-refractivity contribution in [3.8, 4) is 34.4 Å². The van der Waals surface area contributed by atoms with Gasteiger partial charge >= 0.3 is 0 Å². The number of carbonyl (C=O) groups is 2. The van der Waals surface area contributed by atoms with Crippen LogP contribution < -0.4 is 11.5 Å². The first-order chi connectivity index (χ1) is 28.0. The average Bonchev–Trinajstić information content (AvgIpc) is 3.63. The summed E-state index contributed by atoms with van der Waals surface area (Å²) >= 11 is 0. The number of guanidine groups is 2. The van der Waals surface area contributed by atoms with Gasteiger partial charge in [-0.2, -0.15) is 10.5 Å². The fraction of sp³-hybridized carbons (Fsp3) is 0.234. The topological polar surface area (TPSA) is 168 Å². The highest BCUT2D eigenvalue weighted by atomic mass is 16.2. The van der Waals surface area contributed by atoms with Gasteiger partial charge in [-0.15, -0.1) is 0 Å². The van der Waals surface area contributed by atoms with Gasteiger partial charge in [0, 0.05) is 33.7 Å². The van der Waals surface area contributed by atoms with Crippen LogP contribution in [0.4, 0.5) is 0 Å². The highest BCUT2D eigenvalue weighted by Crippen LogP contribution is 2.53. The van der Waals surface area contributed by atoms with Crippen LogP contribution in [0.15, 0.2) is 137 Å². The van der Waals surface area contributed by atoms with Crippen molar-refractivity contribution in [1.29, 1.82) is 10.5 Å². The van der Waals surface area contributed by atoms with E-state index < -0.39 is 11.1 Å². The van der Waals surface area contributed by atoms with E-state index >= 15 is 0 Å². The number of nitrogens with zero attached hydrogens (tertiary/aromatic N) is 7. The van der Waals surface area contributed by atoms with E-state index in [1.807, 2.05) is 91.0 Å². The number of amides is 2. The molecule has 1 saturated heterocycles. The van der Waals surface area contributed by atoms with Crippen LogP contribution >= 0.6 is 0 Å². The number of benzene rings is 5. The Balaban J connectivity index is 0.000000168. The molecule has 4 aliphatic rings. The van der Waals surface area contributed by atoms with Crippen molar-refractivity contribution in [2.45, 2.75) is 30.5 Å². The molecule has 1 saturated carbocycles. The zero-order valence-corrected chi connectivity index (χ0v) is 32.4. The molecule has 2 amide bonds. The van der Waals surface area contributed by atoms with Crippen molar-refractivity contribution in [3.05, 3.63) is 155 Å². The standard InChI is InChI=1S/C27H25N5O.C20H18N4O/c1-31-25(33)24-17-32(16-19-7-3-2-4-8-19)18-27(24,30-26(31)29)23-12-6-11-22(14-23)21-10-5-9-20(13-21)15-28;1-24-18(25)17-8-9-20(17,23-19(24)22)16-7-3-6-15(11-16)14-5-2-4-13(10-14)12-21/h2-14,24H,16-18H2,1H3,(H2,29,30);2-7,10-11,17H,8-9H2,1H3,(H2,22,23). The molecule has 9 rings (SSSR count). The number of nitrogens with two attached hydrogens (primary N) is 2. The third-order valence-electron chi connectivity index (χ3n) is 12.1. The molecule has 4 atom stereocenters. The SMILES string of the molecule is CN1C(=O)C2CCC2(c2cccc(-c3cccc(C#N)c3)c2)N=C1N.CN1C(=O)C2CN(Cc3ccccc3)CC2(c2cccc(-c3cccc(C#N)c3)c2)N=C1N. The Morgan fingerprint density at radius 3 is 1.64 bits per heavy atom. The number of likely N-dealkylation sites (tertiary alicyclic amines) is 1. The maximum absolute atomic E-state index is 13.3. The van der Waals surface area contributed by atoms with Crippen LogP contribution in [0, 0.1) is 34.5 Å². The summed E-state index contributed by atoms with van der Waals surface area (Å²) in [5.74, 6) is 0.0859. The van der Waals surface area contributed by atoms with Crippen LogP contribution in [-0.2, 0) is 27.2 Å². The lowest BCUT2D eigenvalue weighted by atomic mass is 9.62. The molecule has 288 valence electrons. The predicted molar refractivity (Wildman–Crippen MR) is 223 cm³/mol. The molecule has 0 aromatic heterocycles. The van der Waals surface area contributed by atoms with Crippen LogP contribution in [0.5, 0.6) is 0 Å². The van der Waals surface area contributed by atoms with Gasteiger partial charge in [-0.1, -0.05) is 91.0 Å². The van der Waals surface area contributed by atoms with E-state index in [1.165, 1.54) is 15.4 Å². The van der Waals surface area contributed by atoms with E-state index in [1.54, 1.807) is 26.2 Å². The lowest BCUT2D eigenvalue weighted by molar-refractivity contribution is -0.139. The highest BCUT2D eigenvalue weighted by molar-refractivity contribution is 6.01. The van der Waals surface area contributed by atoms with Gasteiger partial charge < -0.3 is 11.5 Å². The van der Waals surface area contributed by atoms with Gasteiger partial charge in [0.05, 0.1) is 35.1 Å². The number of fused-ring (bicyclic) bond motifs is 2. The number of aliphatic imine (C=N–C) groups is 2. The van der Waals surface area contributed by atoms with Gasteiger partial charge in [-0.25, -0.2) is 9.98 Å². The van der Waals surface area contributed by atoms with Crippen molar-refractivity contribution in [3.63, 3.8) is 0 Å². The zero-order valence-electron chi connectivity index (χ0n) is 32.4. The van der Waals surface area contributed by atoms with Gasteiger partial charge in [-0.05, 0) is 88.2 Å². The van der Waals surface area contributed by atoms with Crippen LogP contribution in [0.1, 0.15) is 40.7 Å². The lowest BCUT2D eigenvalue weighted by Crippen LogP contribution is -2.59. The highest BCUT2D eigenvalue weighted by Gasteiger charge is 2.56. The molecule has 4 N–H and O–H groups in total. The van der Waals surface area contributed by atoms with Crippen LogP contribution in [0.25, 0.3) is 22.3 Å². The molecular formula is C47H43N9O2. The van der Waals surface area contributed by atoms with Crippen LogP contribution in [0.3, 0.4) is 0 Å². The molecule has 3 heterocycles. The van der Waals surface area contributed by atoms with Gasteiger partial charge in [0.1, 0.15) is 11.1 Å². The maximum Gasteiger partial charge on any atom is 0.236 e. The molecule has 5 aromatic carbocycles. The molecule has 0 bridgehead atoms. The maximum atomic E-state index is 13.3. The van der Waals surface area contributed by atoms with E-state index in [9.17, 15) is 14.9 Å². The molecule has 1 aliphatic carbocycles. The van der Waals surface area contributed by atoms with E-state index in [0.29, 0.717) is 24.2 Å². The molecule has 11 heteroatoms. The second-order valence-corrected chi connectivity index (χ2v) is 15.4. The molecular weight excluding hydrogens is 723 g/mol. The second-order valence-electron chi connectivity index (χ2n) is 15.4. The normalized spacial score (nSPS) is 23.5. The quantitative estimate of drug-likeness (QED) is 0.215. The molecule has 0 spiro atoms. The Morgan fingerprint density at radius 1 is 0.638 bits per heavy atom. The number of rotatable bonds is 6. The number of hydrogen-bond donors (Lipinski definition) is 2. The molecule has 4 unspecified atom stereocenters. The summed E-state index contributed by atoms with van der Waals surface area (Å²) in [6, 6.07) is 45.9. The Hall–Kier alpha value is -7.08. The summed E-state index contributed by atoms with van der Waals surface area (Å²) < 4.78 is 0.